The molecule has 3 aromatic carbocycles. The second kappa shape index (κ2) is 6.13. The van der Waals surface area contributed by atoms with E-state index in [2.05, 4.69) is 61.6 Å². The van der Waals surface area contributed by atoms with Crippen LogP contribution in [0.1, 0.15) is 13.8 Å². The SMILES string of the molecule is COc1ccc2nn(-c3ccc4ccccc4c3)c(NC(C)C)c2c1. The Morgan fingerprint density at radius 2 is 1.76 bits per heavy atom. The van der Waals surface area contributed by atoms with Crippen molar-refractivity contribution in [1.82, 2.24) is 9.78 Å². The van der Waals surface area contributed by atoms with E-state index in [1.165, 1.54) is 10.8 Å². The molecule has 1 heterocycles. The lowest BCUT2D eigenvalue weighted by molar-refractivity contribution is 0.415. The number of aromatic nitrogens is 2. The molecule has 0 spiro atoms. The zero-order valence-corrected chi connectivity index (χ0v) is 14.7. The van der Waals surface area contributed by atoms with E-state index >= 15 is 0 Å². The highest BCUT2D eigenvalue weighted by Crippen LogP contribution is 2.31. The van der Waals surface area contributed by atoms with Crippen molar-refractivity contribution in [2.24, 2.45) is 0 Å². The van der Waals surface area contributed by atoms with Crippen LogP contribution in [0.2, 0.25) is 0 Å². The predicted octanol–water partition coefficient (Wildman–Crippen LogP) is 5.01. The van der Waals surface area contributed by atoms with E-state index in [-0.39, 0.29) is 0 Å². The summed E-state index contributed by atoms with van der Waals surface area (Å²) in [7, 11) is 1.68. The number of hydrogen-bond donors (Lipinski definition) is 1. The Morgan fingerprint density at radius 1 is 0.960 bits per heavy atom. The molecule has 0 aliphatic carbocycles. The third-order valence-electron chi connectivity index (χ3n) is 4.28. The van der Waals surface area contributed by atoms with Gasteiger partial charge < -0.3 is 10.1 Å². The van der Waals surface area contributed by atoms with E-state index < -0.39 is 0 Å². The van der Waals surface area contributed by atoms with E-state index in [9.17, 15) is 0 Å². The summed E-state index contributed by atoms with van der Waals surface area (Å²) >= 11 is 0. The van der Waals surface area contributed by atoms with Crippen molar-refractivity contribution >= 4 is 27.5 Å². The summed E-state index contributed by atoms with van der Waals surface area (Å²) in [5, 5.41) is 11.8. The summed E-state index contributed by atoms with van der Waals surface area (Å²) in [5.41, 5.74) is 1.98. The van der Waals surface area contributed by atoms with E-state index in [1.807, 2.05) is 22.9 Å². The average molecular weight is 331 g/mol. The van der Waals surface area contributed by atoms with Crippen LogP contribution in [0, 0.1) is 0 Å². The highest BCUT2D eigenvalue weighted by atomic mass is 16.5. The van der Waals surface area contributed by atoms with E-state index in [4.69, 9.17) is 9.84 Å². The Kier molecular flexibility index (Phi) is 3.80. The fraction of sp³-hybridized carbons (Fsp3) is 0.190. The maximum Gasteiger partial charge on any atom is 0.138 e. The largest absolute Gasteiger partial charge is 0.497 e. The van der Waals surface area contributed by atoms with E-state index in [1.54, 1.807) is 7.11 Å². The van der Waals surface area contributed by atoms with Crippen LogP contribution in [0.15, 0.2) is 60.7 Å². The number of anilines is 1. The molecule has 0 aliphatic rings. The van der Waals surface area contributed by atoms with Crippen molar-refractivity contribution in [3.63, 3.8) is 0 Å². The van der Waals surface area contributed by atoms with Gasteiger partial charge in [-0.3, -0.25) is 0 Å². The molecule has 0 unspecified atom stereocenters. The minimum Gasteiger partial charge on any atom is -0.497 e. The van der Waals surface area contributed by atoms with Crippen molar-refractivity contribution in [3.8, 4) is 11.4 Å². The normalized spacial score (nSPS) is 11.4. The summed E-state index contributed by atoms with van der Waals surface area (Å²) in [6, 6.07) is 21.0. The molecular formula is C21H21N3O. The predicted molar refractivity (Wildman–Crippen MR) is 104 cm³/mol. The molecule has 25 heavy (non-hydrogen) atoms. The first-order chi connectivity index (χ1) is 12.2. The van der Waals surface area contributed by atoms with E-state index in [0.29, 0.717) is 6.04 Å². The molecule has 1 N–H and O–H groups in total. The molecule has 4 nitrogen and oxygen atoms in total. The zero-order valence-electron chi connectivity index (χ0n) is 14.7. The molecule has 0 radical (unpaired) electrons. The van der Waals surface area contributed by atoms with Crippen LogP contribution in [-0.4, -0.2) is 22.9 Å². The van der Waals surface area contributed by atoms with Gasteiger partial charge in [0, 0.05) is 11.4 Å². The van der Waals surface area contributed by atoms with Gasteiger partial charge in [-0.15, -0.1) is 0 Å². The Morgan fingerprint density at radius 3 is 2.52 bits per heavy atom. The molecule has 0 amide bonds. The van der Waals surface area contributed by atoms with Gasteiger partial charge in [-0.25, -0.2) is 4.68 Å². The Balaban J connectivity index is 1.94. The van der Waals surface area contributed by atoms with E-state index in [0.717, 1.165) is 28.2 Å². The Hall–Kier alpha value is -3.01. The lowest BCUT2D eigenvalue weighted by Gasteiger charge is -2.14. The Bertz CT molecular complexity index is 1050. The fourth-order valence-corrected chi connectivity index (χ4v) is 3.10. The topological polar surface area (TPSA) is 39.1 Å². The first kappa shape index (κ1) is 15.5. The molecule has 0 bridgehead atoms. The van der Waals surface area contributed by atoms with Crippen molar-refractivity contribution in [2.45, 2.75) is 19.9 Å². The summed E-state index contributed by atoms with van der Waals surface area (Å²) in [5.74, 6) is 1.82. The maximum absolute atomic E-state index is 5.39. The summed E-state index contributed by atoms with van der Waals surface area (Å²) in [6.45, 7) is 4.26. The average Bonchev–Trinajstić information content (AvgIpc) is 2.98. The number of methoxy groups -OCH3 is 1. The molecule has 126 valence electrons. The number of hydrogen-bond acceptors (Lipinski definition) is 3. The molecule has 4 aromatic rings. The van der Waals surface area contributed by atoms with Crippen LogP contribution in [0.25, 0.3) is 27.4 Å². The van der Waals surface area contributed by atoms with Crippen LogP contribution >= 0.6 is 0 Å². The standard InChI is InChI=1S/C21H21N3O/c1-14(2)22-21-19-13-18(25-3)10-11-20(19)23-24(21)17-9-8-15-6-4-5-7-16(15)12-17/h4-14,22H,1-3H3. The molecule has 0 atom stereocenters. The van der Waals surface area contributed by atoms with Crippen LogP contribution < -0.4 is 10.1 Å². The van der Waals surface area contributed by atoms with Gasteiger partial charge in [-0.1, -0.05) is 30.3 Å². The van der Waals surface area contributed by atoms with Gasteiger partial charge >= 0.3 is 0 Å². The summed E-state index contributed by atoms with van der Waals surface area (Å²) in [4.78, 5) is 0. The van der Waals surface area contributed by atoms with Crippen LogP contribution in [0.3, 0.4) is 0 Å². The summed E-state index contributed by atoms with van der Waals surface area (Å²) in [6.07, 6.45) is 0. The number of ether oxygens (including phenoxy) is 1. The van der Waals surface area contributed by atoms with Gasteiger partial charge in [0.05, 0.1) is 18.3 Å². The molecule has 0 saturated carbocycles. The lowest BCUT2D eigenvalue weighted by atomic mass is 10.1. The molecule has 0 saturated heterocycles. The number of fused-ring (bicyclic) bond motifs is 2. The van der Waals surface area contributed by atoms with Crippen LogP contribution in [-0.2, 0) is 0 Å². The molecule has 1 aromatic heterocycles. The smallest absolute Gasteiger partial charge is 0.138 e. The third kappa shape index (κ3) is 2.80. The van der Waals surface area contributed by atoms with Gasteiger partial charge in [0.15, 0.2) is 0 Å². The minimum absolute atomic E-state index is 0.297. The molecular weight excluding hydrogens is 310 g/mol. The van der Waals surface area contributed by atoms with Crippen molar-refractivity contribution in [1.29, 1.82) is 0 Å². The fourth-order valence-electron chi connectivity index (χ4n) is 3.10. The maximum atomic E-state index is 5.39. The number of benzene rings is 3. The second-order valence-electron chi connectivity index (χ2n) is 6.47. The van der Waals surface area contributed by atoms with Crippen molar-refractivity contribution in [3.05, 3.63) is 60.7 Å². The third-order valence-corrected chi connectivity index (χ3v) is 4.28. The van der Waals surface area contributed by atoms with Crippen molar-refractivity contribution in [2.75, 3.05) is 12.4 Å². The number of rotatable bonds is 4. The van der Waals surface area contributed by atoms with Gasteiger partial charge in [-0.05, 0) is 55.0 Å². The lowest BCUT2D eigenvalue weighted by Crippen LogP contribution is -2.14. The summed E-state index contributed by atoms with van der Waals surface area (Å²) < 4.78 is 7.37. The highest BCUT2D eigenvalue weighted by molar-refractivity contribution is 5.93. The highest BCUT2D eigenvalue weighted by Gasteiger charge is 2.14. The minimum atomic E-state index is 0.297. The Labute approximate surface area is 147 Å². The van der Waals surface area contributed by atoms with Gasteiger partial charge in [0.1, 0.15) is 11.6 Å². The molecule has 0 aliphatic heterocycles. The second-order valence-corrected chi connectivity index (χ2v) is 6.47. The monoisotopic (exact) mass is 331 g/mol. The first-order valence-corrected chi connectivity index (χ1v) is 8.48. The molecule has 4 heteroatoms. The van der Waals surface area contributed by atoms with Gasteiger partial charge in [0.2, 0.25) is 0 Å². The number of nitrogens with one attached hydrogen (secondary N) is 1. The van der Waals surface area contributed by atoms with Crippen LogP contribution in [0.5, 0.6) is 5.75 Å². The number of nitrogens with zero attached hydrogens (tertiary/aromatic N) is 2. The molecule has 0 fully saturated rings. The van der Waals surface area contributed by atoms with Gasteiger partial charge in [-0.2, -0.15) is 5.10 Å². The first-order valence-electron chi connectivity index (χ1n) is 8.48. The quantitative estimate of drug-likeness (QED) is 0.571. The zero-order chi connectivity index (χ0) is 17.4. The van der Waals surface area contributed by atoms with Gasteiger partial charge in [0.25, 0.3) is 0 Å². The van der Waals surface area contributed by atoms with Crippen LogP contribution in [0.4, 0.5) is 5.82 Å². The van der Waals surface area contributed by atoms with Crippen molar-refractivity contribution < 1.29 is 4.74 Å². The molecule has 4 rings (SSSR count).